The lowest BCUT2D eigenvalue weighted by atomic mass is 9.96. The highest BCUT2D eigenvalue weighted by Crippen LogP contribution is 2.20. The van der Waals surface area contributed by atoms with Crippen LogP contribution in [0.1, 0.15) is 32.3 Å². The van der Waals surface area contributed by atoms with Gasteiger partial charge in [0.15, 0.2) is 0 Å². The highest BCUT2D eigenvalue weighted by Gasteiger charge is 2.20. The summed E-state index contributed by atoms with van der Waals surface area (Å²) in [6.45, 7) is 7.79. The van der Waals surface area contributed by atoms with Gasteiger partial charge < -0.3 is 5.32 Å². The van der Waals surface area contributed by atoms with Crippen molar-refractivity contribution < 1.29 is 8.78 Å². The summed E-state index contributed by atoms with van der Waals surface area (Å²) in [5.74, 6) is 0.0263. The molecule has 0 unspecified atom stereocenters. The Morgan fingerprint density at radius 2 is 1.95 bits per heavy atom. The molecule has 2 rings (SSSR count). The number of piperidine rings is 1. The van der Waals surface area contributed by atoms with E-state index in [0.29, 0.717) is 24.1 Å². The van der Waals surface area contributed by atoms with Crippen LogP contribution in [0.3, 0.4) is 0 Å². The zero-order valence-electron chi connectivity index (χ0n) is 12.3. The van der Waals surface area contributed by atoms with E-state index in [-0.39, 0.29) is 11.6 Å². The third-order valence-corrected chi connectivity index (χ3v) is 3.92. The van der Waals surface area contributed by atoms with E-state index < -0.39 is 0 Å². The molecule has 1 aliphatic heterocycles. The molecular formula is C16H24F2N2. The van der Waals surface area contributed by atoms with E-state index in [4.69, 9.17) is 0 Å². The van der Waals surface area contributed by atoms with Gasteiger partial charge >= 0.3 is 0 Å². The van der Waals surface area contributed by atoms with Crippen LogP contribution in [0.25, 0.3) is 0 Å². The summed E-state index contributed by atoms with van der Waals surface area (Å²) < 4.78 is 26.8. The number of rotatable bonds is 5. The number of hydrogen-bond acceptors (Lipinski definition) is 2. The number of halogens is 2. The van der Waals surface area contributed by atoms with Crippen LogP contribution >= 0.6 is 0 Å². The maximum atomic E-state index is 13.6. The molecule has 0 aromatic heterocycles. The molecule has 0 atom stereocenters. The standard InChI is InChI=1S/C16H24F2N2/c1-12(2)19-10-13-5-7-20(8-6-13)11-14-9-15(17)3-4-16(14)18/h3-4,9,12-13,19H,5-8,10-11H2,1-2H3. The minimum Gasteiger partial charge on any atom is -0.314 e. The lowest BCUT2D eigenvalue weighted by Crippen LogP contribution is -2.38. The van der Waals surface area contributed by atoms with Crippen LogP contribution < -0.4 is 5.32 Å². The second kappa shape index (κ2) is 7.14. The quantitative estimate of drug-likeness (QED) is 0.892. The zero-order chi connectivity index (χ0) is 14.5. The molecule has 0 saturated carbocycles. The molecule has 1 heterocycles. The van der Waals surface area contributed by atoms with Gasteiger partial charge in [-0.2, -0.15) is 0 Å². The van der Waals surface area contributed by atoms with Crippen LogP contribution in [-0.2, 0) is 6.54 Å². The van der Waals surface area contributed by atoms with E-state index in [9.17, 15) is 8.78 Å². The van der Waals surface area contributed by atoms with Crippen molar-refractivity contribution in [2.24, 2.45) is 5.92 Å². The predicted molar refractivity (Wildman–Crippen MR) is 77.5 cm³/mol. The Labute approximate surface area is 120 Å². The van der Waals surface area contributed by atoms with Gasteiger partial charge in [-0.25, -0.2) is 8.78 Å². The van der Waals surface area contributed by atoms with E-state index in [1.54, 1.807) is 0 Å². The molecule has 2 nitrogen and oxygen atoms in total. The van der Waals surface area contributed by atoms with Crippen molar-refractivity contribution in [1.82, 2.24) is 10.2 Å². The summed E-state index contributed by atoms with van der Waals surface area (Å²) in [6.07, 6.45) is 2.24. The fraction of sp³-hybridized carbons (Fsp3) is 0.625. The molecule has 1 fully saturated rings. The number of nitrogens with one attached hydrogen (secondary N) is 1. The normalized spacial score (nSPS) is 17.9. The summed E-state index contributed by atoms with van der Waals surface area (Å²) >= 11 is 0. The Balaban J connectivity index is 1.81. The summed E-state index contributed by atoms with van der Waals surface area (Å²) in [5, 5.41) is 3.47. The highest BCUT2D eigenvalue weighted by molar-refractivity contribution is 5.18. The van der Waals surface area contributed by atoms with Gasteiger partial charge in [-0.1, -0.05) is 13.8 Å². The minimum atomic E-state index is -0.364. The maximum Gasteiger partial charge on any atom is 0.127 e. The SMILES string of the molecule is CC(C)NCC1CCN(Cc2cc(F)ccc2F)CC1. The minimum absolute atomic E-state index is 0.310. The van der Waals surface area contributed by atoms with Crippen molar-refractivity contribution in [3.8, 4) is 0 Å². The van der Waals surface area contributed by atoms with Crippen molar-refractivity contribution >= 4 is 0 Å². The van der Waals surface area contributed by atoms with Gasteiger partial charge in [-0.05, 0) is 56.6 Å². The monoisotopic (exact) mass is 282 g/mol. The van der Waals surface area contributed by atoms with Gasteiger partial charge in [-0.15, -0.1) is 0 Å². The molecule has 0 aliphatic carbocycles. The van der Waals surface area contributed by atoms with Gasteiger partial charge in [-0.3, -0.25) is 4.90 Å². The number of hydrogen-bond donors (Lipinski definition) is 1. The summed E-state index contributed by atoms with van der Waals surface area (Å²) in [6, 6.07) is 4.21. The third kappa shape index (κ3) is 4.53. The Bertz CT molecular complexity index is 426. The fourth-order valence-electron chi connectivity index (χ4n) is 2.66. The maximum absolute atomic E-state index is 13.6. The first-order valence-corrected chi connectivity index (χ1v) is 7.44. The number of benzene rings is 1. The molecule has 0 amide bonds. The molecule has 0 bridgehead atoms. The van der Waals surface area contributed by atoms with Gasteiger partial charge in [0.2, 0.25) is 0 Å². The molecule has 1 aromatic carbocycles. The molecule has 20 heavy (non-hydrogen) atoms. The largest absolute Gasteiger partial charge is 0.314 e. The molecule has 1 aliphatic rings. The summed E-state index contributed by atoms with van der Waals surface area (Å²) in [7, 11) is 0. The Hall–Kier alpha value is -1.00. The summed E-state index contributed by atoms with van der Waals surface area (Å²) in [4.78, 5) is 2.21. The van der Waals surface area contributed by atoms with Crippen LogP contribution in [0.4, 0.5) is 8.78 Å². The molecule has 0 radical (unpaired) electrons. The molecule has 0 spiro atoms. The lowest BCUT2D eigenvalue weighted by Gasteiger charge is -2.32. The first-order chi connectivity index (χ1) is 9.54. The Kier molecular flexibility index (Phi) is 5.49. The Morgan fingerprint density at radius 1 is 1.25 bits per heavy atom. The van der Waals surface area contributed by atoms with Gasteiger partial charge in [0, 0.05) is 18.2 Å². The average molecular weight is 282 g/mol. The smallest absolute Gasteiger partial charge is 0.127 e. The van der Waals surface area contributed by atoms with Gasteiger partial charge in [0.1, 0.15) is 11.6 Å². The van der Waals surface area contributed by atoms with E-state index in [0.717, 1.165) is 32.5 Å². The zero-order valence-corrected chi connectivity index (χ0v) is 12.3. The van der Waals surface area contributed by atoms with Crippen LogP contribution in [0.5, 0.6) is 0 Å². The first kappa shape index (κ1) is 15.4. The average Bonchev–Trinajstić information content (AvgIpc) is 2.42. The molecule has 1 saturated heterocycles. The van der Waals surface area contributed by atoms with Crippen LogP contribution in [0, 0.1) is 17.6 Å². The van der Waals surface area contributed by atoms with E-state index in [2.05, 4.69) is 24.1 Å². The highest BCUT2D eigenvalue weighted by atomic mass is 19.1. The summed E-state index contributed by atoms with van der Waals surface area (Å²) in [5.41, 5.74) is 0.462. The first-order valence-electron chi connectivity index (χ1n) is 7.44. The van der Waals surface area contributed by atoms with Gasteiger partial charge in [0.05, 0.1) is 0 Å². The van der Waals surface area contributed by atoms with Crippen molar-refractivity contribution in [3.05, 3.63) is 35.4 Å². The van der Waals surface area contributed by atoms with Crippen molar-refractivity contribution in [2.45, 2.75) is 39.3 Å². The van der Waals surface area contributed by atoms with E-state index >= 15 is 0 Å². The molecular weight excluding hydrogens is 258 g/mol. The third-order valence-electron chi connectivity index (χ3n) is 3.92. The molecule has 4 heteroatoms. The van der Waals surface area contributed by atoms with Crippen molar-refractivity contribution in [1.29, 1.82) is 0 Å². The lowest BCUT2D eigenvalue weighted by molar-refractivity contribution is 0.172. The van der Waals surface area contributed by atoms with Crippen LogP contribution in [0.2, 0.25) is 0 Å². The van der Waals surface area contributed by atoms with E-state index in [1.807, 2.05) is 0 Å². The molecule has 1 N–H and O–H groups in total. The van der Waals surface area contributed by atoms with Crippen molar-refractivity contribution in [3.63, 3.8) is 0 Å². The second-order valence-corrected chi connectivity index (χ2v) is 6.02. The topological polar surface area (TPSA) is 15.3 Å². The van der Waals surface area contributed by atoms with Crippen LogP contribution in [-0.4, -0.2) is 30.6 Å². The van der Waals surface area contributed by atoms with Crippen LogP contribution in [0.15, 0.2) is 18.2 Å². The van der Waals surface area contributed by atoms with Gasteiger partial charge in [0.25, 0.3) is 0 Å². The molecule has 112 valence electrons. The Morgan fingerprint density at radius 3 is 2.60 bits per heavy atom. The fourth-order valence-corrected chi connectivity index (χ4v) is 2.66. The number of likely N-dealkylation sites (tertiary alicyclic amines) is 1. The second-order valence-electron chi connectivity index (χ2n) is 6.02. The number of nitrogens with zero attached hydrogens (tertiary/aromatic N) is 1. The van der Waals surface area contributed by atoms with Crippen molar-refractivity contribution in [2.75, 3.05) is 19.6 Å². The predicted octanol–water partition coefficient (Wildman–Crippen LogP) is 3.17. The van der Waals surface area contributed by atoms with E-state index in [1.165, 1.54) is 18.2 Å². The molecule has 1 aromatic rings.